The van der Waals surface area contributed by atoms with Gasteiger partial charge in [-0.3, -0.25) is 9.35 Å². The normalized spacial score (nSPS) is 45.2. The van der Waals surface area contributed by atoms with Crippen LogP contribution in [-0.4, -0.2) is 24.9 Å². The molecule has 4 aliphatic rings. The number of hydrogen-bond acceptors (Lipinski definition) is 4. The summed E-state index contributed by atoms with van der Waals surface area (Å²) in [4.78, 5) is 11.7. The lowest BCUT2D eigenvalue weighted by Crippen LogP contribution is -2.48. The number of fused-ring (bicyclic) bond motifs is 5. The average molecular weight is 354 g/mol. The molecule has 0 spiro atoms. The van der Waals surface area contributed by atoms with Crippen LogP contribution in [-0.2, 0) is 19.4 Å². The molecule has 0 aromatic heterocycles. The predicted molar refractivity (Wildman–Crippen MR) is 88.5 cm³/mol. The highest BCUT2D eigenvalue weighted by Gasteiger charge is 2.57. The molecule has 0 aromatic rings. The summed E-state index contributed by atoms with van der Waals surface area (Å²) in [5, 5.41) is 0. The van der Waals surface area contributed by atoms with Gasteiger partial charge in [0, 0.05) is 6.42 Å². The molecule has 0 aliphatic heterocycles. The molecule has 3 saturated carbocycles. The highest BCUT2D eigenvalue weighted by Crippen LogP contribution is 2.62. The third-order valence-corrected chi connectivity index (χ3v) is 7.93. The first kappa shape index (κ1) is 16.7. The van der Waals surface area contributed by atoms with Crippen molar-refractivity contribution in [2.24, 2.45) is 29.1 Å². The van der Waals surface area contributed by atoms with Crippen LogP contribution in [0.3, 0.4) is 0 Å². The van der Waals surface area contributed by atoms with Crippen LogP contribution in [0.2, 0.25) is 0 Å². The van der Waals surface area contributed by atoms with E-state index in [2.05, 4.69) is 6.92 Å². The molecule has 6 heteroatoms. The van der Waals surface area contributed by atoms with Gasteiger partial charge in [0.05, 0.1) is 6.10 Å². The van der Waals surface area contributed by atoms with E-state index in [1.807, 2.05) is 6.08 Å². The van der Waals surface area contributed by atoms with Gasteiger partial charge in [0.2, 0.25) is 0 Å². The molecule has 0 radical (unpaired) electrons. The second-order valence-electron chi connectivity index (χ2n) is 8.44. The van der Waals surface area contributed by atoms with Crippen molar-refractivity contribution < 1.29 is 21.9 Å². The fourth-order valence-corrected chi connectivity index (χ4v) is 7.05. The topological polar surface area (TPSA) is 80.7 Å². The molecule has 5 nitrogen and oxygen atoms in total. The zero-order chi connectivity index (χ0) is 17.1. The molecular weight excluding hydrogens is 328 g/mol. The maximum Gasteiger partial charge on any atom is 0.397 e. The van der Waals surface area contributed by atoms with E-state index in [0.29, 0.717) is 36.5 Å². The molecule has 1 N–H and O–H groups in total. The molecule has 4 aliphatic carbocycles. The summed E-state index contributed by atoms with van der Waals surface area (Å²) >= 11 is 0. The van der Waals surface area contributed by atoms with Crippen molar-refractivity contribution in [1.29, 1.82) is 0 Å². The molecular formula is C18H26O5S. The molecule has 0 aromatic carbocycles. The molecule has 4 rings (SSSR count). The third kappa shape index (κ3) is 2.67. The standard InChI is InChI=1S/C18H26O5S/c1-18-9-8-14-13-5-3-12(19)10-11(13)2-4-15(14)16(18)6-7-17(18)23-24(20,21)22/h10,13-17H,2-9H2,1H3,(H,20,21,22)/t13-,14+,15+,16-,17-,18-/m0/s1. The highest BCUT2D eigenvalue weighted by atomic mass is 32.3. The van der Waals surface area contributed by atoms with Crippen molar-refractivity contribution in [1.82, 2.24) is 0 Å². The minimum Gasteiger partial charge on any atom is -0.295 e. The minimum atomic E-state index is -4.40. The van der Waals surface area contributed by atoms with E-state index in [1.54, 1.807) is 0 Å². The van der Waals surface area contributed by atoms with Crippen LogP contribution >= 0.6 is 0 Å². The zero-order valence-electron chi connectivity index (χ0n) is 14.1. The van der Waals surface area contributed by atoms with E-state index in [4.69, 9.17) is 8.74 Å². The largest absolute Gasteiger partial charge is 0.397 e. The van der Waals surface area contributed by atoms with E-state index in [-0.39, 0.29) is 11.2 Å². The van der Waals surface area contributed by atoms with E-state index in [1.165, 1.54) is 5.57 Å². The molecule has 6 atom stereocenters. The zero-order valence-corrected chi connectivity index (χ0v) is 14.9. The highest BCUT2D eigenvalue weighted by molar-refractivity contribution is 7.80. The van der Waals surface area contributed by atoms with Gasteiger partial charge < -0.3 is 0 Å². The van der Waals surface area contributed by atoms with Crippen molar-refractivity contribution >= 4 is 16.2 Å². The molecule has 0 heterocycles. The van der Waals surface area contributed by atoms with Crippen LogP contribution in [0.4, 0.5) is 0 Å². The van der Waals surface area contributed by atoms with Crippen LogP contribution in [0.5, 0.6) is 0 Å². The van der Waals surface area contributed by atoms with E-state index < -0.39 is 16.5 Å². The van der Waals surface area contributed by atoms with E-state index in [9.17, 15) is 13.2 Å². The van der Waals surface area contributed by atoms with Crippen molar-refractivity contribution in [3.8, 4) is 0 Å². The first-order valence-corrected chi connectivity index (χ1v) is 10.5. The Labute approximate surface area is 143 Å². The van der Waals surface area contributed by atoms with Crippen molar-refractivity contribution in [3.05, 3.63) is 11.6 Å². The number of rotatable bonds is 2. The van der Waals surface area contributed by atoms with Crippen LogP contribution in [0.1, 0.15) is 58.3 Å². The predicted octanol–water partition coefficient (Wildman–Crippen LogP) is 3.32. The lowest BCUT2D eigenvalue weighted by Gasteiger charge is -2.53. The second kappa shape index (κ2) is 5.64. The molecule has 134 valence electrons. The Morgan fingerprint density at radius 1 is 1.12 bits per heavy atom. The van der Waals surface area contributed by atoms with Gasteiger partial charge in [0.25, 0.3) is 0 Å². The SMILES string of the molecule is C[C@]12CC[C@H]3[C@@H](CCC4=CC(=O)CC[C@@H]43)[C@@H]1CC[C@@H]2OS(=O)(=O)O. The number of allylic oxidation sites excluding steroid dienone is 1. The Morgan fingerprint density at radius 3 is 2.67 bits per heavy atom. The summed E-state index contributed by atoms with van der Waals surface area (Å²) < 4.78 is 36.5. The van der Waals surface area contributed by atoms with E-state index >= 15 is 0 Å². The number of carbonyl (C=O) groups excluding carboxylic acids is 1. The fraction of sp³-hybridized carbons (Fsp3) is 0.833. The smallest absolute Gasteiger partial charge is 0.295 e. The van der Waals surface area contributed by atoms with E-state index in [0.717, 1.165) is 38.5 Å². The fourth-order valence-electron chi connectivity index (χ4n) is 6.44. The third-order valence-electron chi connectivity index (χ3n) is 7.45. The van der Waals surface area contributed by atoms with Gasteiger partial charge in [-0.25, -0.2) is 4.18 Å². The monoisotopic (exact) mass is 354 g/mol. The van der Waals surface area contributed by atoms with Gasteiger partial charge in [-0.05, 0) is 80.1 Å². The lowest BCUT2D eigenvalue weighted by molar-refractivity contribution is -0.116. The summed E-state index contributed by atoms with van der Waals surface area (Å²) in [6.07, 6.45) is 8.95. The van der Waals surface area contributed by atoms with Gasteiger partial charge in [-0.1, -0.05) is 12.5 Å². The lowest BCUT2D eigenvalue weighted by atomic mass is 9.52. The summed E-state index contributed by atoms with van der Waals surface area (Å²) in [6, 6.07) is 0. The molecule has 0 amide bonds. The van der Waals surface area contributed by atoms with Crippen molar-refractivity contribution in [2.45, 2.75) is 64.4 Å². The van der Waals surface area contributed by atoms with Crippen LogP contribution in [0.15, 0.2) is 11.6 Å². The molecule has 0 unspecified atom stereocenters. The Hall–Kier alpha value is -0.720. The number of ketones is 1. The molecule has 3 fully saturated rings. The summed E-state index contributed by atoms with van der Waals surface area (Å²) in [5.41, 5.74) is 1.20. The average Bonchev–Trinajstić information content (AvgIpc) is 2.82. The Balaban J connectivity index is 1.58. The number of hydrogen-bond donors (Lipinski definition) is 1. The Bertz CT molecular complexity index is 682. The van der Waals surface area contributed by atoms with Gasteiger partial charge in [0.1, 0.15) is 0 Å². The summed E-state index contributed by atoms with van der Waals surface area (Å²) in [5.74, 6) is 2.51. The first-order chi connectivity index (χ1) is 11.3. The first-order valence-electron chi connectivity index (χ1n) is 9.17. The Morgan fingerprint density at radius 2 is 1.92 bits per heavy atom. The van der Waals surface area contributed by atoms with Gasteiger partial charge >= 0.3 is 10.4 Å². The summed E-state index contributed by atoms with van der Waals surface area (Å²) in [7, 11) is -4.40. The van der Waals surface area contributed by atoms with Crippen LogP contribution in [0.25, 0.3) is 0 Å². The number of carbonyl (C=O) groups is 1. The molecule has 0 bridgehead atoms. The van der Waals surface area contributed by atoms with Crippen LogP contribution in [0, 0.1) is 29.1 Å². The van der Waals surface area contributed by atoms with Gasteiger partial charge in [-0.2, -0.15) is 8.42 Å². The van der Waals surface area contributed by atoms with Gasteiger partial charge in [-0.15, -0.1) is 0 Å². The van der Waals surface area contributed by atoms with Crippen molar-refractivity contribution in [2.75, 3.05) is 0 Å². The van der Waals surface area contributed by atoms with Crippen LogP contribution < -0.4 is 0 Å². The van der Waals surface area contributed by atoms with Crippen molar-refractivity contribution in [3.63, 3.8) is 0 Å². The molecule has 24 heavy (non-hydrogen) atoms. The molecule has 0 saturated heterocycles. The maximum absolute atomic E-state index is 11.7. The Kier molecular flexibility index (Phi) is 3.93. The van der Waals surface area contributed by atoms with Gasteiger partial charge in [0.15, 0.2) is 5.78 Å². The quantitative estimate of drug-likeness (QED) is 0.770. The summed E-state index contributed by atoms with van der Waals surface area (Å²) in [6.45, 7) is 2.15. The minimum absolute atomic E-state index is 0.164. The second-order valence-corrected chi connectivity index (χ2v) is 9.49. The maximum atomic E-state index is 11.7.